The molecule has 0 radical (unpaired) electrons. The van der Waals surface area contributed by atoms with E-state index in [2.05, 4.69) is 42.7 Å². The van der Waals surface area contributed by atoms with Crippen LogP contribution in [0, 0.1) is 0 Å². The summed E-state index contributed by atoms with van der Waals surface area (Å²) in [5.41, 5.74) is 1.02. The molecule has 0 saturated carbocycles. The van der Waals surface area contributed by atoms with Gasteiger partial charge in [0, 0.05) is 30.1 Å². The number of fused-ring (bicyclic) bond motifs is 1. The molecule has 0 spiro atoms. The second-order valence-electron chi connectivity index (χ2n) is 7.17. The van der Waals surface area contributed by atoms with Crippen molar-refractivity contribution in [2.24, 2.45) is 0 Å². The Kier molecular flexibility index (Phi) is 4.49. The molecule has 3 rings (SSSR count). The predicted molar refractivity (Wildman–Crippen MR) is 90.3 cm³/mol. The van der Waals surface area contributed by atoms with Crippen molar-refractivity contribution in [1.82, 2.24) is 15.0 Å². The Balaban J connectivity index is 1.80. The van der Waals surface area contributed by atoms with Crippen molar-refractivity contribution in [3.05, 3.63) is 35.5 Å². The lowest BCUT2D eigenvalue weighted by Crippen LogP contribution is -2.29. The first-order chi connectivity index (χ1) is 11.4. The summed E-state index contributed by atoms with van der Waals surface area (Å²) in [5.74, 6) is 3.07. The minimum absolute atomic E-state index is 0.0326. The van der Waals surface area contributed by atoms with Gasteiger partial charge in [-0.15, -0.1) is 0 Å². The molecule has 2 heterocycles. The van der Waals surface area contributed by atoms with Gasteiger partial charge in [-0.1, -0.05) is 32.0 Å². The number of rotatable bonds is 3. The molecule has 130 valence electrons. The summed E-state index contributed by atoms with van der Waals surface area (Å²) in [4.78, 5) is 6.88. The smallest absolute Gasteiger partial charge is 0.243 e. The van der Waals surface area contributed by atoms with E-state index in [1.807, 2.05) is 18.2 Å². The number of benzene rings is 1. The van der Waals surface area contributed by atoms with E-state index in [0.717, 1.165) is 36.0 Å². The van der Waals surface area contributed by atoms with Gasteiger partial charge in [0.1, 0.15) is 18.1 Å². The molecule has 1 aliphatic heterocycles. The van der Waals surface area contributed by atoms with E-state index < -0.39 is 0 Å². The molecule has 1 aliphatic rings. The van der Waals surface area contributed by atoms with Crippen LogP contribution in [-0.2, 0) is 12.0 Å². The van der Waals surface area contributed by atoms with Gasteiger partial charge >= 0.3 is 0 Å². The minimum Gasteiger partial charge on any atom is -0.497 e. The van der Waals surface area contributed by atoms with Gasteiger partial charge in [-0.25, -0.2) is 0 Å². The van der Waals surface area contributed by atoms with Crippen LogP contribution in [0.25, 0.3) is 0 Å². The van der Waals surface area contributed by atoms with Crippen molar-refractivity contribution >= 4 is 0 Å². The highest BCUT2D eigenvalue weighted by Gasteiger charge is 2.27. The van der Waals surface area contributed by atoms with Gasteiger partial charge in [0.15, 0.2) is 5.82 Å². The van der Waals surface area contributed by atoms with Gasteiger partial charge in [-0.3, -0.25) is 4.90 Å². The van der Waals surface area contributed by atoms with E-state index in [1.165, 1.54) is 0 Å². The normalized spacial score (nSPS) is 16.9. The topological polar surface area (TPSA) is 60.6 Å². The molecule has 6 heteroatoms. The van der Waals surface area contributed by atoms with E-state index in [1.54, 1.807) is 7.11 Å². The summed E-state index contributed by atoms with van der Waals surface area (Å²) >= 11 is 0. The fourth-order valence-electron chi connectivity index (χ4n) is 2.69. The fourth-order valence-corrected chi connectivity index (χ4v) is 2.69. The third-order valence-corrected chi connectivity index (χ3v) is 4.30. The highest BCUT2D eigenvalue weighted by molar-refractivity contribution is 5.41. The first-order valence-electron chi connectivity index (χ1n) is 8.26. The summed E-state index contributed by atoms with van der Waals surface area (Å²) in [6.45, 7) is 10.5. The van der Waals surface area contributed by atoms with E-state index in [9.17, 15) is 0 Å². The average molecular weight is 331 g/mol. The van der Waals surface area contributed by atoms with Crippen molar-refractivity contribution in [2.75, 3.05) is 20.3 Å². The quantitative estimate of drug-likeness (QED) is 0.860. The van der Waals surface area contributed by atoms with Crippen LogP contribution in [0.1, 0.15) is 51.0 Å². The Labute approximate surface area is 142 Å². The summed E-state index contributed by atoms with van der Waals surface area (Å²) in [6, 6.07) is 5.98. The van der Waals surface area contributed by atoms with Gasteiger partial charge in [0.25, 0.3) is 0 Å². The van der Waals surface area contributed by atoms with Crippen molar-refractivity contribution in [1.29, 1.82) is 0 Å². The molecule has 6 nitrogen and oxygen atoms in total. The third kappa shape index (κ3) is 3.38. The summed E-state index contributed by atoms with van der Waals surface area (Å²) < 4.78 is 16.7. The van der Waals surface area contributed by atoms with Crippen LogP contribution in [0.4, 0.5) is 0 Å². The van der Waals surface area contributed by atoms with Crippen LogP contribution in [0.5, 0.6) is 11.5 Å². The van der Waals surface area contributed by atoms with E-state index in [-0.39, 0.29) is 11.5 Å². The van der Waals surface area contributed by atoms with E-state index in [4.69, 9.17) is 14.0 Å². The molecule has 0 amide bonds. The molecule has 24 heavy (non-hydrogen) atoms. The van der Waals surface area contributed by atoms with Crippen LogP contribution in [-0.4, -0.2) is 35.3 Å². The zero-order chi connectivity index (χ0) is 17.3. The number of hydrogen-bond acceptors (Lipinski definition) is 6. The monoisotopic (exact) mass is 331 g/mol. The molecular weight excluding hydrogens is 306 g/mol. The second-order valence-corrected chi connectivity index (χ2v) is 7.17. The SMILES string of the molecule is COc1ccc2c(c1)OCCN(C(C)c1nc(C(C)(C)C)no1)C2. The summed E-state index contributed by atoms with van der Waals surface area (Å²) in [6.07, 6.45) is 0. The Morgan fingerprint density at radius 2 is 2.08 bits per heavy atom. The van der Waals surface area contributed by atoms with Crippen molar-refractivity contribution in [3.63, 3.8) is 0 Å². The molecule has 0 bridgehead atoms. The van der Waals surface area contributed by atoms with Gasteiger partial charge in [-0.05, 0) is 13.0 Å². The van der Waals surface area contributed by atoms with Gasteiger partial charge in [0.2, 0.25) is 5.89 Å². The largest absolute Gasteiger partial charge is 0.497 e. The second kappa shape index (κ2) is 6.43. The van der Waals surface area contributed by atoms with Crippen LogP contribution < -0.4 is 9.47 Å². The van der Waals surface area contributed by atoms with E-state index >= 15 is 0 Å². The Morgan fingerprint density at radius 3 is 2.75 bits per heavy atom. The molecule has 2 aromatic rings. The maximum Gasteiger partial charge on any atom is 0.243 e. The molecule has 0 fully saturated rings. The number of methoxy groups -OCH3 is 1. The summed E-state index contributed by atoms with van der Waals surface area (Å²) in [5, 5.41) is 4.13. The van der Waals surface area contributed by atoms with Gasteiger partial charge in [0.05, 0.1) is 13.2 Å². The first kappa shape index (κ1) is 16.8. The molecule has 0 saturated heterocycles. The number of nitrogens with zero attached hydrogens (tertiary/aromatic N) is 3. The Morgan fingerprint density at radius 1 is 1.29 bits per heavy atom. The van der Waals surface area contributed by atoms with Crippen LogP contribution in [0.15, 0.2) is 22.7 Å². The molecule has 1 aromatic heterocycles. The molecule has 1 unspecified atom stereocenters. The third-order valence-electron chi connectivity index (χ3n) is 4.30. The fraction of sp³-hybridized carbons (Fsp3) is 0.556. The molecule has 1 atom stereocenters. The molecule has 1 aromatic carbocycles. The van der Waals surface area contributed by atoms with Gasteiger partial charge in [-0.2, -0.15) is 4.98 Å². The number of aromatic nitrogens is 2. The molecule has 0 N–H and O–H groups in total. The lowest BCUT2D eigenvalue weighted by molar-refractivity contribution is 0.151. The first-order valence-corrected chi connectivity index (χ1v) is 8.26. The van der Waals surface area contributed by atoms with E-state index in [0.29, 0.717) is 12.5 Å². The average Bonchev–Trinajstić information content (AvgIpc) is 2.95. The van der Waals surface area contributed by atoms with Crippen LogP contribution in [0.3, 0.4) is 0 Å². The number of ether oxygens (including phenoxy) is 2. The van der Waals surface area contributed by atoms with Crippen molar-refractivity contribution in [2.45, 2.75) is 45.7 Å². The van der Waals surface area contributed by atoms with Crippen molar-refractivity contribution < 1.29 is 14.0 Å². The van der Waals surface area contributed by atoms with Gasteiger partial charge < -0.3 is 14.0 Å². The predicted octanol–water partition coefficient (Wildman–Crippen LogP) is 3.33. The number of hydrogen-bond donors (Lipinski definition) is 0. The van der Waals surface area contributed by atoms with Crippen molar-refractivity contribution in [3.8, 4) is 11.5 Å². The maximum absolute atomic E-state index is 5.88. The highest BCUT2D eigenvalue weighted by atomic mass is 16.5. The van der Waals surface area contributed by atoms with Crippen LogP contribution >= 0.6 is 0 Å². The Hall–Kier alpha value is -2.08. The minimum atomic E-state index is -0.119. The Bertz CT molecular complexity index is 706. The maximum atomic E-state index is 5.88. The lowest BCUT2D eigenvalue weighted by atomic mass is 9.96. The van der Waals surface area contributed by atoms with Crippen LogP contribution in [0.2, 0.25) is 0 Å². The standard InChI is InChI=1S/C18H25N3O3/c1-12(16-19-17(20-24-16)18(2,3)4)21-8-9-23-15-10-14(22-5)7-6-13(15)11-21/h6-7,10,12H,8-9,11H2,1-5H3. The molecule has 0 aliphatic carbocycles. The summed E-state index contributed by atoms with van der Waals surface area (Å²) in [7, 11) is 1.66. The zero-order valence-corrected chi connectivity index (χ0v) is 15.0. The molecular formula is C18H25N3O3. The zero-order valence-electron chi connectivity index (χ0n) is 15.0. The lowest BCUT2D eigenvalue weighted by Gasteiger charge is -2.24. The highest BCUT2D eigenvalue weighted by Crippen LogP contribution is 2.31.